The van der Waals surface area contributed by atoms with Crippen LogP contribution in [-0.4, -0.2) is 60.1 Å². The number of sulfonamides is 1. The summed E-state index contributed by atoms with van der Waals surface area (Å²) in [4.78, 5) is 23.6. The molecule has 1 aliphatic heterocycles. The Bertz CT molecular complexity index is 1120. The summed E-state index contributed by atoms with van der Waals surface area (Å²) in [6, 6.07) is 10.9. The Hall–Kier alpha value is -3.06. The highest BCUT2D eigenvalue weighted by Gasteiger charge is 2.50. The van der Waals surface area contributed by atoms with Gasteiger partial charge in [0.15, 0.2) is 0 Å². The first-order chi connectivity index (χ1) is 16.7. The number of unbranched alkanes of at least 4 members (excludes halogenated alkanes) is 1. The van der Waals surface area contributed by atoms with E-state index in [1.807, 2.05) is 0 Å². The molecule has 0 aromatic heterocycles. The number of halogens is 1. The standard InChI is InChI=1S/C23H28FN3O7S/c24-17-4-6-18(7-5-17)34-19-8-10-20(11-9-19)35(32,33)27(16-2-1-3-21(28)29)23(22(30)26-31)12-14-25-15-13-23/h4-11,25,31H,1-3,12-16H2,(H,26,30)(H,28,29). The highest BCUT2D eigenvalue weighted by atomic mass is 32.2. The molecule has 4 N–H and O–H groups in total. The average Bonchev–Trinajstić information content (AvgIpc) is 2.85. The maximum absolute atomic E-state index is 13.7. The van der Waals surface area contributed by atoms with Crippen molar-refractivity contribution in [1.82, 2.24) is 15.1 Å². The molecule has 190 valence electrons. The first kappa shape index (κ1) is 26.5. The minimum Gasteiger partial charge on any atom is -0.481 e. The number of nitrogens with zero attached hydrogens (tertiary/aromatic N) is 1. The molecule has 1 saturated heterocycles. The first-order valence-corrected chi connectivity index (χ1v) is 12.6. The number of hydroxylamine groups is 1. The topological polar surface area (TPSA) is 145 Å². The van der Waals surface area contributed by atoms with E-state index < -0.39 is 33.3 Å². The lowest BCUT2D eigenvalue weighted by Gasteiger charge is -2.43. The molecule has 0 bridgehead atoms. The van der Waals surface area contributed by atoms with E-state index in [4.69, 9.17) is 9.84 Å². The smallest absolute Gasteiger partial charge is 0.303 e. The number of aliphatic carboxylic acids is 1. The molecular formula is C23H28FN3O7S. The zero-order chi connectivity index (χ0) is 25.5. The minimum atomic E-state index is -4.23. The third kappa shape index (κ3) is 6.34. The van der Waals surface area contributed by atoms with Crippen molar-refractivity contribution in [3.8, 4) is 11.5 Å². The van der Waals surface area contributed by atoms with Crippen molar-refractivity contribution in [1.29, 1.82) is 0 Å². The quantitative estimate of drug-likeness (QED) is 0.205. The second kappa shape index (κ2) is 11.6. The molecule has 1 aliphatic rings. The van der Waals surface area contributed by atoms with Crippen molar-refractivity contribution < 1.29 is 37.4 Å². The highest BCUT2D eigenvalue weighted by Crippen LogP contribution is 2.34. The molecule has 3 rings (SSSR count). The summed E-state index contributed by atoms with van der Waals surface area (Å²) >= 11 is 0. The van der Waals surface area contributed by atoms with Gasteiger partial charge in [-0.25, -0.2) is 18.3 Å². The van der Waals surface area contributed by atoms with Crippen molar-refractivity contribution >= 4 is 21.9 Å². The number of piperidine rings is 1. The third-order valence-corrected chi connectivity index (χ3v) is 7.88. The van der Waals surface area contributed by atoms with Crippen LogP contribution in [0.3, 0.4) is 0 Å². The molecule has 10 nitrogen and oxygen atoms in total. The first-order valence-electron chi connectivity index (χ1n) is 11.1. The van der Waals surface area contributed by atoms with Crippen LogP contribution in [0.4, 0.5) is 4.39 Å². The number of benzene rings is 2. The van der Waals surface area contributed by atoms with E-state index >= 15 is 0 Å². The van der Waals surface area contributed by atoms with E-state index in [9.17, 15) is 27.6 Å². The summed E-state index contributed by atoms with van der Waals surface area (Å²) in [7, 11) is -4.23. The molecule has 0 atom stereocenters. The fourth-order valence-electron chi connectivity index (χ4n) is 4.08. The predicted molar refractivity (Wildman–Crippen MR) is 123 cm³/mol. The Morgan fingerprint density at radius 2 is 1.60 bits per heavy atom. The van der Waals surface area contributed by atoms with E-state index in [2.05, 4.69) is 5.32 Å². The van der Waals surface area contributed by atoms with Gasteiger partial charge in [0.05, 0.1) is 4.90 Å². The molecule has 2 aromatic rings. The molecular weight excluding hydrogens is 481 g/mol. The lowest BCUT2D eigenvalue weighted by molar-refractivity contribution is -0.141. The van der Waals surface area contributed by atoms with Crippen molar-refractivity contribution in [2.45, 2.75) is 42.5 Å². The maximum Gasteiger partial charge on any atom is 0.303 e. The SMILES string of the molecule is O=C(O)CCCCN(C1(C(=O)NO)CCNCC1)S(=O)(=O)c1ccc(Oc2ccc(F)cc2)cc1. The highest BCUT2D eigenvalue weighted by molar-refractivity contribution is 7.89. The van der Waals surface area contributed by atoms with E-state index in [0.717, 1.165) is 4.31 Å². The van der Waals surface area contributed by atoms with Gasteiger partial charge in [-0.3, -0.25) is 14.8 Å². The zero-order valence-corrected chi connectivity index (χ0v) is 19.8. The van der Waals surface area contributed by atoms with Crippen molar-refractivity contribution in [3.05, 3.63) is 54.3 Å². The molecule has 0 radical (unpaired) electrons. The van der Waals surface area contributed by atoms with Crippen LogP contribution in [0.1, 0.15) is 32.1 Å². The molecule has 1 amide bonds. The van der Waals surface area contributed by atoms with E-state index in [-0.39, 0.29) is 43.5 Å². The number of rotatable bonds is 11. The van der Waals surface area contributed by atoms with Crippen LogP contribution in [0.2, 0.25) is 0 Å². The van der Waals surface area contributed by atoms with Gasteiger partial charge in [-0.1, -0.05) is 0 Å². The Labute approximate surface area is 202 Å². The normalized spacial score (nSPS) is 15.5. The summed E-state index contributed by atoms with van der Waals surface area (Å²) < 4.78 is 47.3. The number of hydrogen-bond donors (Lipinski definition) is 4. The number of nitrogens with one attached hydrogen (secondary N) is 2. The van der Waals surface area contributed by atoms with Gasteiger partial charge in [0, 0.05) is 13.0 Å². The van der Waals surface area contributed by atoms with Crippen LogP contribution in [-0.2, 0) is 19.6 Å². The van der Waals surface area contributed by atoms with Gasteiger partial charge in [0.2, 0.25) is 10.0 Å². The fraction of sp³-hybridized carbons (Fsp3) is 0.391. The molecule has 1 fully saturated rings. The monoisotopic (exact) mass is 509 g/mol. The summed E-state index contributed by atoms with van der Waals surface area (Å²) in [6.45, 7) is 0.620. The van der Waals surface area contributed by atoms with Gasteiger partial charge in [0.1, 0.15) is 22.9 Å². The third-order valence-electron chi connectivity index (χ3n) is 5.90. The molecule has 1 heterocycles. The van der Waals surface area contributed by atoms with Gasteiger partial charge < -0.3 is 15.2 Å². The van der Waals surface area contributed by atoms with Crippen molar-refractivity contribution in [3.63, 3.8) is 0 Å². The molecule has 0 saturated carbocycles. The number of carboxylic acids is 1. The lowest BCUT2D eigenvalue weighted by Crippen LogP contribution is -2.64. The Balaban J connectivity index is 1.90. The van der Waals surface area contributed by atoms with Crippen LogP contribution in [0, 0.1) is 5.82 Å². The van der Waals surface area contributed by atoms with Gasteiger partial charge in [-0.05, 0) is 87.3 Å². The molecule has 12 heteroatoms. The molecule has 2 aromatic carbocycles. The summed E-state index contributed by atoms with van der Waals surface area (Å²) in [5, 5.41) is 21.4. The van der Waals surface area contributed by atoms with Gasteiger partial charge >= 0.3 is 5.97 Å². The Morgan fingerprint density at radius 3 is 2.14 bits per heavy atom. The van der Waals surface area contributed by atoms with Crippen LogP contribution >= 0.6 is 0 Å². The van der Waals surface area contributed by atoms with Gasteiger partial charge in [-0.15, -0.1) is 0 Å². The van der Waals surface area contributed by atoms with Crippen LogP contribution in [0.15, 0.2) is 53.4 Å². The number of hydrogen-bond acceptors (Lipinski definition) is 7. The molecule has 0 aliphatic carbocycles. The fourth-order valence-corrected chi connectivity index (χ4v) is 5.91. The number of amides is 1. The van der Waals surface area contributed by atoms with E-state index in [1.54, 1.807) is 5.48 Å². The van der Waals surface area contributed by atoms with Crippen molar-refractivity contribution in [2.24, 2.45) is 0 Å². The second-order valence-electron chi connectivity index (χ2n) is 8.18. The van der Waals surface area contributed by atoms with Gasteiger partial charge in [-0.2, -0.15) is 4.31 Å². The largest absolute Gasteiger partial charge is 0.481 e. The Kier molecular flexibility index (Phi) is 8.78. The zero-order valence-electron chi connectivity index (χ0n) is 18.9. The molecule has 35 heavy (non-hydrogen) atoms. The lowest BCUT2D eigenvalue weighted by atomic mass is 9.87. The summed E-state index contributed by atoms with van der Waals surface area (Å²) in [6.07, 6.45) is 0.558. The molecule has 0 unspecified atom stereocenters. The Morgan fingerprint density at radius 1 is 1.03 bits per heavy atom. The van der Waals surface area contributed by atoms with Crippen molar-refractivity contribution in [2.75, 3.05) is 19.6 Å². The van der Waals surface area contributed by atoms with Crippen LogP contribution in [0.25, 0.3) is 0 Å². The summed E-state index contributed by atoms with van der Waals surface area (Å²) in [5.41, 5.74) is 0.0786. The van der Waals surface area contributed by atoms with Crippen LogP contribution in [0.5, 0.6) is 11.5 Å². The van der Waals surface area contributed by atoms with E-state index in [1.165, 1.54) is 48.5 Å². The number of carbonyl (C=O) groups is 2. The predicted octanol–water partition coefficient (Wildman–Crippen LogP) is 2.49. The van der Waals surface area contributed by atoms with Crippen LogP contribution < -0.4 is 15.5 Å². The maximum atomic E-state index is 13.7. The number of carbonyl (C=O) groups excluding carboxylic acids is 1. The average molecular weight is 510 g/mol. The van der Waals surface area contributed by atoms with E-state index in [0.29, 0.717) is 24.6 Å². The molecule has 0 spiro atoms. The number of ether oxygens (including phenoxy) is 1. The second-order valence-corrected chi connectivity index (χ2v) is 10.0. The summed E-state index contributed by atoms with van der Waals surface area (Å²) in [5.74, 6) is -1.55. The van der Waals surface area contributed by atoms with Gasteiger partial charge in [0.25, 0.3) is 5.91 Å². The number of carboxylic acid groups (broad SMARTS) is 1. The minimum absolute atomic E-state index is 0.0918.